The molecule has 0 saturated heterocycles. The Morgan fingerprint density at radius 3 is 2.37 bits per heavy atom. The second kappa shape index (κ2) is 4.73. The van der Waals surface area contributed by atoms with Crippen molar-refractivity contribution in [2.24, 2.45) is 5.73 Å². The minimum absolute atomic E-state index is 0.0944. The highest BCUT2D eigenvalue weighted by atomic mass is 79.9. The van der Waals surface area contributed by atoms with Crippen molar-refractivity contribution in [2.45, 2.75) is 24.3 Å². The summed E-state index contributed by atoms with van der Waals surface area (Å²) in [6, 6.07) is 15.2. The lowest BCUT2D eigenvalue weighted by atomic mass is 9.84. The topological polar surface area (TPSA) is 26.0 Å². The van der Waals surface area contributed by atoms with Gasteiger partial charge in [-0.15, -0.1) is 0 Å². The highest BCUT2D eigenvalue weighted by Crippen LogP contribution is 2.55. The van der Waals surface area contributed by atoms with Crippen molar-refractivity contribution in [1.82, 2.24) is 0 Å². The van der Waals surface area contributed by atoms with Crippen LogP contribution in [0, 0.1) is 5.82 Å². The van der Waals surface area contributed by atoms with Gasteiger partial charge < -0.3 is 5.73 Å². The largest absolute Gasteiger partial charge is 0.323 e. The van der Waals surface area contributed by atoms with Crippen LogP contribution in [-0.4, -0.2) is 0 Å². The predicted octanol–water partition coefficient (Wildman–Crippen LogP) is 4.32. The van der Waals surface area contributed by atoms with E-state index in [-0.39, 0.29) is 17.3 Å². The third-order valence-electron chi connectivity index (χ3n) is 4.05. The molecule has 19 heavy (non-hydrogen) atoms. The van der Waals surface area contributed by atoms with Gasteiger partial charge in [-0.05, 0) is 40.4 Å². The molecule has 1 atom stereocenters. The number of halogens is 2. The molecule has 3 heteroatoms. The summed E-state index contributed by atoms with van der Waals surface area (Å²) in [7, 11) is 0. The molecular formula is C16H15BrFN. The Morgan fingerprint density at radius 1 is 1.05 bits per heavy atom. The first kappa shape index (κ1) is 12.8. The number of rotatable bonds is 3. The standard InChI is InChI=1S/C16H15BrFN/c17-13-8-4-7-12(14(13)18)15(19)16(9-10-16)11-5-2-1-3-6-11/h1-8,15H,9-10,19H2. The van der Waals surface area contributed by atoms with Gasteiger partial charge in [0, 0.05) is 17.0 Å². The second-order valence-electron chi connectivity index (χ2n) is 5.14. The molecule has 0 bridgehead atoms. The quantitative estimate of drug-likeness (QED) is 0.895. The molecule has 0 aliphatic heterocycles. The molecule has 1 aliphatic carbocycles. The monoisotopic (exact) mass is 319 g/mol. The van der Waals surface area contributed by atoms with E-state index in [0.717, 1.165) is 12.8 Å². The van der Waals surface area contributed by atoms with E-state index in [1.165, 1.54) is 5.56 Å². The summed E-state index contributed by atoms with van der Waals surface area (Å²) in [5.41, 5.74) is 8.09. The predicted molar refractivity (Wildman–Crippen MR) is 78.4 cm³/mol. The Bertz CT molecular complexity index is 593. The fourth-order valence-electron chi connectivity index (χ4n) is 2.74. The van der Waals surface area contributed by atoms with E-state index < -0.39 is 0 Å². The lowest BCUT2D eigenvalue weighted by Crippen LogP contribution is -2.27. The molecule has 3 rings (SSSR count). The van der Waals surface area contributed by atoms with Crippen LogP contribution >= 0.6 is 15.9 Å². The average Bonchev–Trinajstić information content (AvgIpc) is 3.24. The van der Waals surface area contributed by atoms with E-state index >= 15 is 0 Å². The van der Waals surface area contributed by atoms with Crippen molar-refractivity contribution in [2.75, 3.05) is 0 Å². The van der Waals surface area contributed by atoms with Crippen molar-refractivity contribution < 1.29 is 4.39 Å². The van der Waals surface area contributed by atoms with E-state index in [0.29, 0.717) is 10.0 Å². The third kappa shape index (κ3) is 2.11. The second-order valence-corrected chi connectivity index (χ2v) is 6.00. The van der Waals surface area contributed by atoms with Gasteiger partial charge in [-0.1, -0.05) is 42.5 Å². The number of benzene rings is 2. The zero-order valence-corrected chi connectivity index (χ0v) is 12.0. The summed E-state index contributed by atoms with van der Waals surface area (Å²) in [5.74, 6) is -0.239. The van der Waals surface area contributed by atoms with E-state index in [1.54, 1.807) is 12.1 Å². The van der Waals surface area contributed by atoms with Crippen LogP contribution in [0.2, 0.25) is 0 Å². The van der Waals surface area contributed by atoms with E-state index in [1.807, 2.05) is 24.3 Å². The van der Waals surface area contributed by atoms with Crippen molar-refractivity contribution in [1.29, 1.82) is 0 Å². The molecule has 1 unspecified atom stereocenters. The van der Waals surface area contributed by atoms with Gasteiger partial charge in [0.1, 0.15) is 5.82 Å². The molecule has 98 valence electrons. The number of nitrogens with two attached hydrogens (primary N) is 1. The minimum Gasteiger partial charge on any atom is -0.323 e. The maximum Gasteiger partial charge on any atom is 0.142 e. The highest BCUT2D eigenvalue weighted by Gasteiger charge is 2.50. The molecule has 1 saturated carbocycles. The lowest BCUT2D eigenvalue weighted by Gasteiger charge is -2.25. The average molecular weight is 320 g/mol. The van der Waals surface area contributed by atoms with Gasteiger partial charge in [0.05, 0.1) is 4.47 Å². The minimum atomic E-state index is -0.299. The molecule has 0 aromatic heterocycles. The van der Waals surface area contributed by atoms with Gasteiger partial charge in [-0.3, -0.25) is 0 Å². The third-order valence-corrected chi connectivity index (χ3v) is 4.66. The maximum atomic E-state index is 14.2. The number of hydrogen-bond donors (Lipinski definition) is 1. The Kier molecular flexibility index (Phi) is 3.19. The molecule has 0 spiro atoms. The van der Waals surface area contributed by atoms with Crippen LogP contribution in [0.15, 0.2) is 53.0 Å². The van der Waals surface area contributed by atoms with Crippen LogP contribution in [0.1, 0.15) is 30.0 Å². The normalized spacial score (nSPS) is 18.1. The zero-order valence-electron chi connectivity index (χ0n) is 10.4. The summed E-state index contributed by atoms with van der Waals surface area (Å²) in [5, 5.41) is 0. The molecule has 1 nitrogen and oxygen atoms in total. The summed E-state index contributed by atoms with van der Waals surface area (Å²) in [6.45, 7) is 0. The van der Waals surface area contributed by atoms with Gasteiger partial charge in [-0.2, -0.15) is 0 Å². The van der Waals surface area contributed by atoms with Gasteiger partial charge in [0.25, 0.3) is 0 Å². The van der Waals surface area contributed by atoms with Gasteiger partial charge in [0.2, 0.25) is 0 Å². The fraction of sp³-hybridized carbons (Fsp3) is 0.250. The van der Waals surface area contributed by atoms with Crippen LogP contribution in [0.5, 0.6) is 0 Å². The Hall–Kier alpha value is -1.19. The van der Waals surface area contributed by atoms with Crippen LogP contribution in [-0.2, 0) is 5.41 Å². The molecule has 0 amide bonds. The van der Waals surface area contributed by atoms with E-state index in [2.05, 4.69) is 28.1 Å². The van der Waals surface area contributed by atoms with Crippen molar-refractivity contribution in [3.8, 4) is 0 Å². The SMILES string of the molecule is NC(c1cccc(Br)c1F)C1(c2ccccc2)CC1. The first-order valence-electron chi connectivity index (χ1n) is 6.40. The van der Waals surface area contributed by atoms with Gasteiger partial charge >= 0.3 is 0 Å². The molecule has 1 aliphatic rings. The van der Waals surface area contributed by atoms with Gasteiger partial charge in [0.15, 0.2) is 0 Å². The Balaban J connectivity index is 2.01. The molecule has 0 heterocycles. The van der Waals surface area contributed by atoms with E-state index in [9.17, 15) is 4.39 Å². The Morgan fingerprint density at radius 2 is 1.74 bits per heavy atom. The molecule has 2 N–H and O–H groups in total. The summed E-state index contributed by atoms with van der Waals surface area (Å²) >= 11 is 3.23. The lowest BCUT2D eigenvalue weighted by molar-refractivity contribution is 0.502. The van der Waals surface area contributed by atoms with Crippen LogP contribution in [0.3, 0.4) is 0 Å². The summed E-state index contributed by atoms with van der Waals surface area (Å²) < 4.78 is 14.7. The summed E-state index contributed by atoms with van der Waals surface area (Å²) in [6.07, 6.45) is 2.04. The molecule has 0 radical (unpaired) electrons. The van der Waals surface area contributed by atoms with Crippen LogP contribution < -0.4 is 5.73 Å². The van der Waals surface area contributed by atoms with Crippen molar-refractivity contribution in [3.05, 3.63) is 69.9 Å². The molecule has 2 aromatic rings. The first-order valence-corrected chi connectivity index (χ1v) is 7.19. The van der Waals surface area contributed by atoms with E-state index in [4.69, 9.17) is 5.73 Å². The van der Waals surface area contributed by atoms with Crippen molar-refractivity contribution in [3.63, 3.8) is 0 Å². The molecule has 2 aromatic carbocycles. The van der Waals surface area contributed by atoms with Gasteiger partial charge in [-0.25, -0.2) is 4.39 Å². The van der Waals surface area contributed by atoms with Crippen LogP contribution in [0.25, 0.3) is 0 Å². The number of hydrogen-bond acceptors (Lipinski definition) is 1. The smallest absolute Gasteiger partial charge is 0.142 e. The Labute approximate surface area is 120 Å². The summed E-state index contributed by atoms with van der Waals surface area (Å²) in [4.78, 5) is 0. The van der Waals surface area contributed by atoms with Crippen LogP contribution in [0.4, 0.5) is 4.39 Å². The highest BCUT2D eigenvalue weighted by molar-refractivity contribution is 9.10. The molecular weight excluding hydrogens is 305 g/mol. The molecule has 1 fully saturated rings. The first-order chi connectivity index (χ1) is 9.15. The maximum absolute atomic E-state index is 14.2. The fourth-order valence-corrected chi connectivity index (χ4v) is 3.12. The zero-order chi connectivity index (χ0) is 13.5. The van der Waals surface area contributed by atoms with Crippen molar-refractivity contribution >= 4 is 15.9 Å².